The molecule has 0 aromatic heterocycles. The van der Waals surface area contributed by atoms with Crippen LogP contribution < -0.4 is 9.80 Å². The van der Waals surface area contributed by atoms with E-state index >= 15 is 0 Å². The SMILES string of the molecule is CC1(C)c2cc(N(c3ccccc3)c3ccc4ccc5ccccc5c4c3)ccc2-c2ccc3c(c21)C(C)(C)c1c-3ccc2cc(N(c3ccccc3)c3ccc4c(ccc5ccccc54)c3)ccc12. The number of hydrogen-bond acceptors (Lipinski definition) is 2. The summed E-state index contributed by atoms with van der Waals surface area (Å²) in [4.78, 5) is 4.84. The predicted octanol–water partition coefficient (Wildman–Crippen LogP) is 19.0. The van der Waals surface area contributed by atoms with E-state index in [0.717, 1.165) is 34.1 Å². The van der Waals surface area contributed by atoms with E-state index < -0.39 is 0 Å². The van der Waals surface area contributed by atoms with Crippen LogP contribution in [0.3, 0.4) is 0 Å². The van der Waals surface area contributed by atoms with Crippen LogP contribution in [0.4, 0.5) is 34.1 Å². The highest BCUT2D eigenvalue weighted by Crippen LogP contribution is 2.61. The van der Waals surface area contributed by atoms with Gasteiger partial charge in [-0.25, -0.2) is 0 Å². The molecule has 0 fully saturated rings. The summed E-state index contributed by atoms with van der Waals surface area (Å²) < 4.78 is 0. The van der Waals surface area contributed by atoms with Crippen LogP contribution in [0.25, 0.3) is 76.1 Å². The van der Waals surface area contributed by atoms with Crippen molar-refractivity contribution in [1.29, 1.82) is 0 Å². The normalized spacial score (nSPS) is 13.9. The highest BCUT2D eigenvalue weighted by Gasteiger charge is 2.46. The molecule has 0 aliphatic heterocycles. The monoisotopic (exact) mass is 894 g/mol. The third-order valence-corrected chi connectivity index (χ3v) is 15.9. The molecule has 2 aliphatic carbocycles. The molecule has 70 heavy (non-hydrogen) atoms. The molecule has 0 N–H and O–H groups in total. The van der Waals surface area contributed by atoms with E-state index in [1.165, 1.54) is 98.4 Å². The van der Waals surface area contributed by atoms with Crippen LogP contribution in [0.15, 0.2) is 231 Å². The smallest absolute Gasteiger partial charge is 0.0468 e. The van der Waals surface area contributed by atoms with Crippen LogP contribution in [0, 0.1) is 0 Å². The molecule has 2 heteroatoms. The standard InChI is InChI=1S/C68H50N2/c1-67(2)63-42-53(70(49-19-9-6-10-20-49)52-29-27-45-24-23-44-16-12-14-22-55(44)62(45)41-52)32-36-58(63)59-37-38-61-60-33-28-47-40-51(31-35-57(47)64(60)68(3,4)66(61)65(59)67)69(48-17-7-5-8-18-48)50-30-34-56-46(39-50)26-25-43-15-11-13-21-54(43)56/h5-42H,1-4H3. The second-order valence-electron chi connectivity index (χ2n) is 20.5. The fourth-order valence-electron chi connectivity index (χ4n) is 12.7. The van der Waals surface area contributed by atoms with Crippen molar-refractivity contribution < 1.29 is 0 Å². The van der Waals surface area contributed by atoms with E-state index in [1.807, 2.05) is 0 Å². The maximum absolute atomic E-state index is 2.48. The molecule has 12 aromatic rings. The first-order valence-electron chi connectivity index (χ1n) is 24.7. The number of nitrogens with zero attached hydrogens (tertiary/aromatic N) is 2. The van der Waals surface area contributed by atoms with E-state index in [2.05, 4.69) is 268 Å². The minimum atomic E-state index is -0.251. The summed E-state index contributed by atoms with van der Waals surface area (Å²) in [5.74, 6) is 0. The third kappa shape index (κ3) is 5.93. The molecular weight excluding hydrogens is 845 g/mol. The Morgan fingerprint density at radius 2 is 0.629 bits per heavy atom. The number of fused-ring (bicyclic) bond motifs is 15. The van der Waals surface area contributed by atoms with Gasteiger partial charge in [-0.3, -0.25) is 0 Å². The Balaban J connectivity index is 0.867. The van der Waals surface area contributed by atoms with Gasteiger partial charge in [0.2, 0.25) is 0 Å². The summed E-state index contributed by atoms with van der Waals surface area (Å²) in [6, 6.07) is 85.8. The maximum atomic E-state index is 2.48. The van der Waals surface area contributed by atoms with Gasteiger partial charge in [0.25, 0.3) is 0 Å². The van der Waals surface area contributed by atoms with Gasteiger partial charge in [-0.15, -0.1) is 0 Å². The molecule has 2 nitrogen and oxygen atoms in total. The fraction of sp³-hybridized carbons (Fsp3) is 0.0882. The zero-order valence-corrected chi connectivity index (χ0v) is 39.8. The van der Waals surface area contributed by atoms with Crippen molar-refractivity contribution in [2.24, 2.45) is 0 Å². The molecule has 0 spiro atoms. The highest BCUT2D eigenvalue weighted by atomic mass is 15.1. The quantitative estimate of drug-likeness (QED) is 0.153. The molecule has 332 valence electrons. The van der Waals surface area contributed by atoms with Crippen molar-refractivity contribution in [2.75, 3.05) is 9.80 Å². The van der Waals surface area contributed by atoms with Gasteiger partial charge < -0.3 is 9.80 Å². The van der Waals surface area contributed by atoms with Gasteiger partial charge in [0.15, 0.2) is 0 Å². The van der Waals surface area contributed by atoms with E-state index in [1.54, 1.807) is 0 Å². The molecule has 0 heterocycles. The average Bonchev–Trinajstić information content (AvgIpc) is 3.78. The Hall–Kier alpha value is -8.46. The number of anilines is 6. The largest absolute Gasteiger partial charge is 0.310 e. The molecule has 2 aliphatic rings. The van der Waals surface area contributed by atoms with Crippen LogP contribution in [-0.4, -0.2) is 0 Å². The summed E-state index contributed by atoms with van der Waals surface area (Å²) in [5, 5.41) is 12.6. The maximum Gasteiger partial charge on any atom is 0.0468 e. The summed E-state index contributed by atoms with van der Waals surface area (Å²) in [5.41, 5.74) is 17.4. The van der Waals surface area contributed by atoms with E-state index in [9.17, 15) is 0 Å². The molecule has 0 amide bonds. The zero-order chi connectivity index (χ0) is 46.9. The van der Waals surface area contributed by atoms with E-state index in [-0.39, 0.29) is 10.8 Å². The summed E-state index contributed by atoms with van der Waals surface area (Å²) in [6.07, 6.45) is 0. The van der Waals surface area contributed by atoms with E-state index in [4.69, 9.17) is 0 Å². The highest BCUT2D eigenvalue weighted by molar-refractivity contribution is 6.10. The molecular formula is C68H50N2. The lowest BCUT2D eigenvalue weighted by Gasteiger charge is -2.32. The molecule has 0 atom stereocenters. The van der Waals surface area contributed by atoms with Crippen LogP contribution >= 0.6 is 0 Å². The van der Waals surface area contributed by atoms with Gasteiger partial charge in [-0.2, -0.15) is 0 Å². The molecule has 14 rings (SSSR count). The second kappa shape index (κ2) is 15.0. The van der Waals surface area contributed by atoms with Gasteiger partial charge in [0.05, 0.1) is 0 Å². The van der Waals surface area contributed by atoms with Crippen LogP contribution in [0.5, 0.6) is 0 Å². The summed E-state index contributed by atoms with van der Waals surface area (Å²) in [6.45, 7) is 9.83. The van der Waals surface area contributed by atoms with Crippen molar-refractivity contribution in [3.05, 3.63) is 253 Å². The van der Waals surface area contributed by atoms with Gasteiger partial charge in [0.1, 0.15) is 0 Å². The lowest BCUT2D eigenvalue weighted by atomic mass is 9.72. The molecule has 0 unspecified atom stereocenters. The molecule has 0 radical (unpaired) electrons. The Labute approximate surface area is 409 Å². The lowest BCUT2D eigenvalue weighted by Crippen LogP contribution is -2.24. The summed E-state index contributed by atoms with van der Waals surface area (Å²) >= 11 is 0. The minimum absolute atomic E-state index is 0.247. The fourth-order valence-corrected chi connectivity index (χ4v) is 12.7. The molecule has 0 saturated carbocycles. The number of para-hydroxylation sites is 2. The van der Waals surface area contributed by atoms with Crippen molar-refractivity contribution in [3.63, 3.8) is 0 Å². The first-order chi connectivity index (χ1) is 34.2. The molecule has 0 saturated heterocycles. The van der Waals surface area contributed by atoms with Gasteiger partial charge >= 0.3 is 0 Å². The minimum Gasteiger partial charge on any atom is -0.310 e. The number of rotatable bonds is 6. The first kappa shape index (κ1) is 40.6. The Morgan fingerprint density at radius 1 is 0.243 bits per heavy atom. The predicted molar refractivity (Wildman–Crippen MR) is 298 cm³/mol. The first-order valence-corrected chi connectivity index (χ1v) is 24.7. The van der Waals surface area contributed by atoms with Crippen LogP contribution in [0.1, 0.15) is 49.9 Å². The topological polar surface area (TPSA) is 6.48 Å². The molecule has 12 aromatic carbocycles. The van der Waals surface area contributed by atoms with Crippen LogP contribution in [0.2, 0.25) is 0 Å². The van der Waals surface area contributed by atoms with Gasteiger partial charge in [-0.1, -0.05) is 185 Å². The van der Waals surface area contributed by atoms with Crippen molar-refractivity contribution in [1.82, 2.24) is 0 Å². The molecule has 0 bridgehead atoms. The van der Waals surface area contributed by atoms with Crippen molar-refractivity contribution in [2.45, 2.75) is 38.5 Å². The second-order valence-corrected chi connectivity index (χ2v) is 20.5. The number of hydrogen-bond donors (Lipinski definition) is 0. The van der Waals surface area contributed by atoms with Crippen molar-refractivity contribution >= 4 is 88.0 Å². The Morgan fingerprint density at radius 3 is 1.29 bits per heavy atom. The zero-order valence-electron chi connectivity index (χ0n) is 39.8. The lowest BCUT2D eigenvalue weighted by molar-refractivity contribution is 0.603. The van der Waals surface area contributed by atoms with Gasteiger partial charge in [0, 0.05) is 45.0 Å². The van der Waals surface area contributed by atoms with Crippen molar-refractivity contribution in [3.8, 4) is 22.3 Å². The van der Waals surface area contributed by atoms with Gasteiger partial charge in [-0.05, 0) is 171 Å². The summed E-state index contributed by atoms with van der Waals surface area (Å²) in [7, 11) is 0. The Kier molecular flexibility index (Phi) is 8.71. The van der Waals surface area contributed by atoms with Crippen LogP contribution in [-0.2, 0) is 10.8 Å². The number of benzene rings is 12. The average molecular weight is 895 g/mol. The Bertz CT molecular complexity index is 4130. The van der Waals surface area contributed by atoms with E-state index in [0.29, 0.717) is 0 Å². The third-order valence-electron chi connectivity index (χ3n) is 15.9.